The zero-order valence-corrected chi connectivity index (χ0v) is 5.92. The van der Waals surface area contributed by atoms with Crippen molar-refractivity contribution in [3.8, 4) is 0 Å². The molecule has 1 heterocycles. The highest BCUT2D eigenvalue weighted by molar-refractivity contribution is 6.09. The first kappa shape index (κ1) is 7.25. The molecule has 56 valence electrons. The van der Waals surface area contributed by atoms with Crippen molar-refractivity contribution in [3.05, 3.63) is 0 Å². The van der Waals surface area contributed by atoms with Crippen LogP contribution in [0, 0.1) is 5.92 Å². The van der Waals surface area contributed by atoms with Crippen molar-refractivity contribution in [3.63, 3.8) is 0 Å². The Morgan fingerprint density at radius 3 is 2.40 bits per heavy atom. The van der Waals surface area contributed by atoms with Gasteiger partial charge in [-0.15, -0.1) is 0 Å². The van der Waals surface area contributed by atoms with Gasteiger partial charge in [-0.3, -0.25) is 9.59 Å². The van der Waals surface area contributed by atoms with Gasteiger partial charge in [0.05, 0.1) is 0 Å². The highest BCUT2D eigenvalue weighted by atomic mass is 16.6. The summed E-state index contributed by atoms with van der Waals surface area (Å²) >= 11 is 0. The maximum absolute atomic E-state index is 10.5. The van der Waals surface area contributed by atoms with Gasteiger partial charge in [0, 0.05) is 0 Å². The van der Waals surface area contributed by atoms with E-state index < -0.39 is 5.92 Å². The topological polar surface area (TPSA) is 43.4 Å². The molecule has 0 amide bonds. The second kappa shape index (κ2) is 2.82. The van der Waals surface area contributed by atoms with E-state index in [2.05, 4.69) is 4.74 Å². The number of cyclic esters (lactones) is 2. The van der Waals surface area contributed by atoms with Crippen LogP contribution in [0.4, 0.5) is 0 Å². The molecular formula is C7H10O3. The lowest BCUT2D eigenvalue weighted by Crippen LogP contribution is -2.40. The number of rotatable bonds is 3. The number of hydrogen-bond acceptors (Lipinski definition) is 3. The summed E-state index contributed by atoms with van der Waals surface area (Å²) in [5.74, 6) is -1.13. The van der Waals surface area contributed by atoms with Crippen LogP contribution < -0.4 is 0 Å². The lowest BCUT2D eigenvalue weighted by molar-refractivity contribution is -0.184. The maximum atomic E-state index is 10.5. The Morgan fingerprint density at radius 1 is 1.40 bits per heavy atom. The summed E-state index contributed by atoms with van der Waals surface area (Å²) in [5.41, 5.74) is 0. The van der Waals surface area contributed by atoms with Gasteiger partial charge in [0.25, 0.3) is 0 Å². The highest BCUT2D eigenvalue weighted by Gasteiger charge is 2.40. The van der Waals surface area contributed by atoms with Crippen molar-refractivity contribution in [1.82, 2.24) is 0 Å². The Bertz CT molecular complexity index is 148. The van der Waals surface area contributed by atoms with Crippen LogP contribution in [0.3, 0.4) is 0 Å². The summed E-state index contributed by atoms with van der Waals surface area (Å²) in [7, 11) is 0. The summed E-state index contributed by atoms with van der Waals surface area (Å²) < 4.78 is 4.17. The second-order valence-corrected chi connectivity index (χ2v) is 2.43. The molecule has 0 aromatic heterocycles. The van der Waals surface area contributed by atoms with Gasteiger partial charge in [-0.05, 0) is 6.42 Å². The fourth-order valence-corrected chi connectivity index (χ4v) is 0.924. The number of carbonyl (C=O) groups is 2. The van der Waals surface area contributed by atoms with Crippen molar-refractivity contribution in [1.29, 1.82) is 0 Å². The highest BCUT2D eigenvalue weighted by Crippen LogP contribution is 2.20. The van der Waals surface area contributed by atoms with Crippen molar-refractivity contribution in [2.45, 2.75) is 26.2 Å². The van der Waals surface area contributed by atoms with Gasteiger partial charge in [-0.1, -0.05) is 19.8 Å². The van der Waals surface area contributed by atoms with Crippen LogP contribution in [-0.4, -0.2) is 11.9 Å². The van der Waals surface area contributed by atoms with E-state index in [4.69, 9.17) is 0 Å². The van der Waals surface area contributed by atoms with Crippen LogP contribution >= 0.6 is 0 Å². The first-order valence-corrected chi connectivity index (χ1v) is 3.51. The fraction of sp³-hybridized carbons (Fsp3) is 0.714. The molecule has 0 N–H and O–H groups in total. The molecule has 0 saturated carbocycles. The molecule has 3 heteroatoms. The van der Waals surface area contributed by atoms with Crippen LogP contribution in [0.15, 0.2) is 0 Å². The Labute approximate surface area is 59.4 Å². The van der Waals surface area contributed by atoms with E-state index >= 15 is 0 Å². The van der Waals surface area contributed by atoms with E-state index in [0.717, 1.165) is 12.8 Å². The largest absolute Gasteiger partial charge is 0.392 e. The van der Waals surface area contributed by atoms with Crippen LogP contribution in [0.1, 0.15) is 26.2 Å². The number of ether oxygens (including phenoxy) is 1. The number of hydrogen-bond donors (Lipinski definition) is 0. The molecule has 1 rings (SSSR count). The van der Waals surface area contributed by atoms with E-state index in [9.17, 15) is 9.59 Å². The molecular weight excluding hydrogens is 132 g/mol. The van der Waals surface area contributed by atoms with E-state index in [1.807, 2.05) is 6.92 Å². The molecule has 1 fully saturated rings. The third-order valence-electron chi connectivity index (χ3n) is 1.62. The van der Waals surface area contributed by atoms with Crippen molar-refractivity contribution >= 4 is 11.9 Å². The molecule has 1 aliphatic heterocycles. The van der Waals surface area contributed by atoms with Crippen LogP contribution in [0.25, 0.3) is 0 Å². The quantitative estimate of drug-likeness (QED) is 0.434. The van der Waals surface area contributed by atoms with Gasteiger partial charge in [0.2, 0.25) is 0 Å². The smallest absolute Gasteiger partial charge is 0.328 e. The van der Waals surface area contributed by atoms with Crippen LogP contribution in [0.2, 0.25) is 0 Å². The number of esters is 2. The van der Waals surface area contributed by atoms with E-state index in [1.165, 1.54) is 0 Å². The fourth-order valence-electron chi connectivity index (χ4n) is 0.924. The molecule has 10 heavy (non-hydrogen) atoms. The standard InChI is InChI=1S/C7H10O3/c1-2-3-4-5-6(8)10-7(5)9/h5H,2-4H2,1H3. The number of carbonyl (C=O) groups excluding carboxylic acids is 2. The average Bonchev–Trinajstić information content (AvgIpc) is 1.89. The molecule has 0 radical (unpaired) electrons. The molecule has 1 saturated heterocycles. The van der Waals surface area contributed by atoms with E-state index in [0.29, 0.717) is 6.42 Å². The van der Waals surface area contributed by atoms with Gasteiger partial charge >= 0.3 is 11.9 Å². The van der Waals surface area contributed by atoms with Gasteiger partial charge in [-0.2, -0.15) is 0 Å². The normalized spacial score (nSPS) is 18.5. The second-order valence-electron chi connectivity index (χ2n) is 2.43. The van der Waals surface area contributed by atoms with E-state index in [1.54, 1.807) is 0 Å². The van der Waals surface area contributed by atoms with Gasteiger partial charge in [0.1, 0.15) is 0 Å². The predicted octanol–water partition coefficient (Wildman–Crippen LogP) is 0.876. The summed E-state index contributed by atoms with van der Waals surface area (Å²) in [6.07, 6.45) is 2.59. The van der Waals surface area contributed by atoms with E-state index in [-0.39, 0.29) is 11.9 Å². The van der Waals surface area contributed by atoms with Crippen molar-refractivity contribution < 1.29 is 14.3 Å². The molecule has 0 unspecified atom stereocenters. The Kier molecular flexibility index (Phi) is 2.04. The van der Waals surface area contributed by atoms with Crippen LogP contribution in [0.5, 0.6) is 0 Å². The third-order valence-corrected chi connectivity index (χ3v) is 1.62. The lowest BCUT2D eigenvalue weighted by Gasteiger charge is -2.20. The third kappa shape index (κ3) is 1.17. The molecule has 3 nitrogen and oxygen atoms in total. The zero-order chi connectivity index (χ0) is 7.56. The SMILES string of the molecule is CCCCC1C(=O)OC1=O. The van der Waals surface area contributed by atoms with Crippen molar-refractivity contribution in [2.24, 2.45) is 5.92 Å². The van der Waals surface area contributed by atoms with Crippen molar-refractivity contribution in [2.75, 3.05) is 0 Å². The minimum absolute atomic E-state index is 0.349. The summed E-state index contributed by atoms with van der Waals surface area (Å²) in [4.78, 5) is 21.0. The predicted molar refractivity (Wildman–Crippen MR) is 34.1 cm³/mol. The molecule has 0 aromatic carbocycles. The Morgan fingerprint density at radius 2 is 2.00 bits per heavy atom. The molecule has 0 aliphatic carbocycles. The minimum Gasteiger partial charge on any atom is -0.392 e. The number of unbranched alkanes of at least 4 members (excludes halogenated alkanes) is 1. The van der Waals surface area contributed by atoms with Gasteiger partial charge in [0.15, 0.2) is 5.92 Å². The summed E-state index contributed by atoms with van der Waals surface area (Å²) in [6.45, 7) is 2.02. The molecule has 0 atom stereocenters. The lowest BCUT2D eigenvalue weighted by atomic mass is 9.99. The maximum Gasteiger partial charge on any atom is 0.328 e. The first-order chi connectivity index (χ1) is 4.75. The molecule has 0 spiro atoms. The molecule has 1 aliphatic rings. The minimum atomic E-state index is -0.431. The van der Waals surface area contributed by atoms with Gasteiger partial charge < -0.3 is 4.74 Å². The Balaban J connectivity index is 2.27. The zero-order valence-electron chi connectivity index (χ0n) is 5.92. The monoisotopic (exact) mass is 142 g/mol. The van der Waals surface area contributed by atoms with Gasteiger partial charge in [-0.25, -0.2) is 0 Å². The van der Waals surface area contributed by atoms with Crippen LogP contribution in [-0.2, 0) is 14.3 Å². The molecule has 0 aromatic rings. The Hall–Kier alpha value is -0.860. The average molecular weight is 142 g/mol. The summed E-state index contributed by atoms with van der Waals surface area (Å²) in [6, 6.07) is 0. The molecule has 0 bridgehead atoms. The summed E-state index contributed by atoms with van der Waals surface area (Å²) in [5, 5.41) is 0. The first-order valence-electron chi connectivity index (χ1n) is 3.51.